The van der Waals surface area contributed by atoms with Crippen LogP contribution in [0, 0.1) is 5.82 Å². The molecule has 1 saturated heterocycles. The Labute approximate surface area is 210 Å². The lowest BCUT2D eigenvalue weighted by Gasteiger charge is -2.28. The van der Waals surface area contributed by atoms with E-state index in [2.05, 4.69) is 27.4 Å². The maximum absolute atomic E-state index is 15.3. The van der Waals surface area contributed by atoms with Gasteiger partial charge in [-0.05, 0) is 25.1 Å². The van der Waals surface area contributed by atoms with Crippen LogP contribution in [0.3, 0.4) is 0 Å². The monoisotopic (exact) mass is 507 g/mol. The third kappa shape index (κ3) is 3.95. The van der Waals surface area contributed by atoms with Crippen LogP contribution in [-0.4, -0.2) is 72.2 Å². The topological polar surface area (TPSA) is 79.2 Å². The molecule has 1 aromatic carbocycles. The summed E-state index contributed by atoms with van der Waals surface area (Å²) in [6.07, 6.45) is 4.19. The zero-order chi connectivity index (χ0) is 24.8. The molecule has 186 valence electrons. The summed E-state index contributed by atoms with van der Waals surface area (Å²) in [5, 5.41) is 3.08. The number of anilines is 1. The lowest BCUT2D eigenvalue weighted by Crippen LogP contribution is -2.42. The SMILES string of the molecule is CC(CN1CC=CC1)NC(=O)c1c(=O)c2cc(F)c(N3CCOCC3)nc2n2c1sc1ccccc12. The molecule has 3 aromatic heterocycles. The fraction of sp³-hybridized carbons (Fsp3) is 0.346. The van der Waals surface area contributed by atoms with E-state index >= 15 is 4.39 Å². The van der Waals surface area contributed by atoms with Crippen molar-refractivity contribution in [3.05, 3.63) is 64.1 Å². The Morgan fingerprint density at radius 1 is 1.22 bits per heavy atom. The molecule has 1 fully saturated rings. The maximum atomic E-state index is 15.3. The van der Waals surface area contributed by atoms with Gasteiger partial charge in [0, 0.05) is 38.8 Å². The van der Waals surface area contributed by atoms with Gasteiger partial charge in [-0.1, -0.05) is 24.3 Å². The van der Waals surface area contributed by atoms with E-state index < -0.39 is 17.2 Å². The van der Waals surface area contributed by atoms with Crippen molar-refractivity contribution >= 4 is 49.1 Å². The van der Waals surface area contributed by atoms with Gasteiger partial charge in [-0.15, -0.1) is 11.3 Å². The van der Waals surface area contributed by atoms with Crippen molar-refractivity contribution < 1.29 is 13.9 Å². The van der Waals surface area contributed by atoms with Gasteiger partial charge >= 0.3 is 0 Å². The minimum Gasteiger partial charge on any atom is -0.378 e. The Balaban J connectivity index is 1.51. The van der Waals surface area contributed by atoms with Crippen molar-refractivity contribution in [3.63, 3.8) is 0 Å². The molecule has 0 bridgehead atoms. The van der Waals surface area contributed by atoms with Gasteiger partial charge in [0.25, 0.3) is 5.91 Å². The number of carbonyl (C=O) groups excluding carboxylic acids is 1. The number of fused-ring (bicyclic) bond motifs is 5. The van der Waals surface area contributed by atoms with Gasteiger partial charge in [-0.2, -0.15) is 0 Å². The summed E-state index contributed by atoms with van der Waals surface area (Å²) in [7, 11) is 0. The van der Waals surface area contributed by atoms with Crippen molar-refractivity contribution in [3.8, 4) is 0 Å². The third-order valence-corrected chi connectivity index (χ3v) is 7.84. The zero-order valence-corrected chi connectivity index (χ0v) is 20.7. The summed E-state index contributed by atoms with van der Waals surface area (Å²) in [6, 6.07) is 8.74. The Kier molecular flexibility index (Phi) is 5.94. The van der Waals surface area contributed by atoms with E-state index in [0.29, 0.717) is 43.3 Å². The fourth-order valence-electron chi connectivity index (χ4n) is 5.00. The molecule has 0 aliphatic carbocycles. The third-order valence-electron chi connectivity index (χ3n) is 6.69. The number of ether oxygens (including phenoxy) is 1. The summed E-state index contributed by atoms with van der Waals surface area (Å²) < 4.78 is 23.4. The standard InChI is InChI=1S/C26H26FN5O3S/c1-16(15-30-8-4-5-9-30)28-25(34)21-22(33)17-14-18(27)24(31-10-12-35-13-11-31)29-23(17)32-19-6-2-3-7-20(19)36-26(21)32/h2-7,14,16H,8-13,15H2,1H3,(H,28,34). The minimum atomic E-state index is -0.581. The highest BCUT2D eigenvalue weighted by Gasteiger charge is 2.26. The number of thiazole rings is 1. The van der Waals surface area contributed by atoms with Gasteiger partial charge in [-0.25, -0.2) is 9.37 Å². The molecule has 1 atom stereocenters. The number of hydrogen-bond donors (Lipinski definition) is 1. The first-order chi connectivity index (χ1) is 17.5. The number of para-hydroxylation sites is 1. The highest BCUT2D eigenvalue weighted by Crippen LogP contribution is 2.32. The molecule has 5 heterocycles. The fourth-order valence-corrected chi connectivity index (χ4v) is 6.18. The Hall–Kier alpha value is -3.34. The molecule has 1 N–H and O–H groups in total. The highest BCUT2D eigenvalue weighted by atomic mass is 32.1. The Morgan fingerprint density at radius 3 is 2.75 bits per heavy atom. The van der Waals surface area contributed by atoms with E-state index in [9.17, 15) is 9.59 Å². The normalized spacial score (nSPS) is 17.4. The van der Waals surface area contributed by atoms with Gasteiger partial charge < -0.3 is 15.0 Å². The average Bonchev–Trinajstić information content (AvgIpc) is 3.52. The zero-order valence-electron chi connectivity index (χ0n) is 19.9. The summed E-state index contributed by atoms with van der Waals surface area (Å²) >= 11 is 1.37. The van der Waals surface area contributed by atoms with E-state index in [1.165, 1.54) is 17.4 Å². The summed E-state index contributed by atoms with van der Waals surface area (Å²) in [5.41, 5.74) is 0.683. The van der Waals surface area contributed by atoms with Gasteiger partial charge in [0.2, 0.25) is 5.43 Å². The van der Waals surface area contributed by atoms with E-state index in [1.54, 1.807) is 0 Å². The number of amides is 1. The number of hydrogen-bond acceptors (Lipinski definition) is 7. The second-order valence-corrected chi connectivity index (χ2v) is 10.3. The number of rotatable bonds is 5. The van der Waals surface area contributed by atoms with Crippen LogP contribution in [-0.2, 0) is 4.74 Å². The molecule has 10 heteroatoms. The molecule has 1 unspecified atom stereocenters. The number of halogens is 1. The first kappa shape index (κ1) is 23.1. The van der Waals surface area contributed by atoms with Gasteiger partial charge in [0.1, 0.15) is 10.4 Å². The highest BCUT2D eigenvalue weighted by molar-refractivity contribution is 7.24. The van der Waals surface area contributed by atoms with Gasteiger partial charge in [0.05, 0.1) is 28.8 Å². The average molecular weight is 508 g/mol. The molecular formula is C26H26FN5O3S. The smallest absolute Gasteiger partial charge is 0.258 e. The van der Waals surface area contributed by atoms with Crippen molar-refractivity contribution in [1.82, 2.24) is 19.6 Å². The Bertz CT molecular complexity index is 1570. The predicted octanol–water partition coefficient (Wildman–Crippen LogP) is 3.03. The second kappa shape index (κ2) is 9.27. The van der Waals surface area contributed by atoms with Gasteiger partial charge in [-0.3, -0.25) is 18.9 Å². The lowest BCUT2D eigenvalue weighted by molar-refractivity contribution is 0.0933. The first-order valence-electron chi connectivity index (χ1n) is 12.1. The molecule has 8 nitrogen and oxygen atoms in total. The van der Waals surface area contributed by atoms with Crippen LogP contribution in [0.15, 0.2) is 47.3 Å². The van der Waals surface area contributed by atoms with Crippen LogP contribution in [0.1, 0.15) is 17.3 Å². The largest absolute Gasteiger partial charge is 0.378 e. The molecule has 0 spiro atoms. The van der Waals surface area contributed by atoms with Crippen molar-refractivity contribution in [2.24, 2.45) is 0 Å². The lowest BCUT2D eigenvalue weighted by atomic mass is 10.1. The van der Waals surface area contributed by atoms with E-state index in [1.807, 2.05) is 40.5 Å². The summed E-state index contributed by atoms with van der Waals surface area (Å²) in [6.45, 7) is 6.29. The number of aromatic nitrogens is 2. The molecule has 1 amide bonds. The molecule has 0 saturated carbocycles. The van der Waals surface area contributed by atoms with E-state index in [4.69, 9.17) is 4.74 Å². The molecular weight excluding hydrogens is 481 g/mol. The van der Waals surface area contributed by atoms with Crippen molar-refractivity contribution in [2.75, 3.05) is 50.8 Å². The number of carbonyl (C=O) groups is 1. The predicted molar refractivity (Wildman–Crippen MR) is 140 cm³/mol. The minimum absolute atomic E-state index is 0.0235. The first-order valence-corrected chi connectivity index (χ1v) is 12.9. The number of nitrogens with one attached hydrogen (secondary N) is 1. The van der Waals surface area contributed by atoms with Crippen LogP contribution in [0.4, 0.5) is 10.2 Å². The number of benzene rings is 1. The van der Waals surface area contributed by atoms with Crippen LogP contribution < -0.4 is 15.6 Å². The van der Waals surface area contributed by atoms with E-state index in [0.717, 1.165) is 23.3 Å². The van der Waals surface area contributed by atoms with Crippen LogP contribution in [0.25, 0.3) is 26.1 Å². The maximum Gasteiger partial charge on any atom is 0.258 e. The molecule has 36 heavy (non-hydrogen) atoms. The Morgan fingerprint density at radius 2 is 1.97 bits per heavy atom. The van der Waals surface area contributed by atoms with Crippen LogP contribution in [0.2, 0.25) is 0 Å². The van der Waals surface area contributed by atoms with Gasteiger partial charge in [0.15, 0.2) is 17.3 Å². The number of morpholine rings is 1. The summed E-state index contributed by atoms with van der Waals surface area (Å²) in [5.74, 6) is -0.843. The second-order valence-electron chi connectivity index (χ2n) is 9.24. The molecule has 4 aromatic rings. The molecule has 0 radical (unpaired) electrons. The quantitative estimate of drug-likeness (QED) is 0.419. The van der Waals surface area contributed by atoms with Crippen molar-refractivity contribution in [1.29, 1.82) is 0 Å². The van der Waals surface area contributed by atoms with Crippen LogP contribution in [0.5, 0.6) is 0 Å². The summed E-state index contributed by atoms with van der Waals surface area (Å²) in [4.78, 5) is 36.4. The van der Waals surface area contributed by atoms with Crippen molar-refractivity contribution in [2.45, 2.75) is 13.0 Å². The molecule has 2 aliphatic heterocycles. The van der Waals surface area contributed by atoms with Crippen LogP contribution >= 0.6 is 11.3 Å². The number of nitrogens with zero attached hydrogens (tertiary/aromatic N) is 4. The molecule has 2 aliphatic rings. The number of pyridine rings is 2. The van der Waals surface area contributed by atoms with E-state index in [-0.39, 0.29) is 22.8 Å². The molecule has 6 rings (SSSR count).